The van der Waals surface area contributed by atoms with Crippen LogP contribution < -0.4 is 5.32 Å². The van der Waals surface area contributed by atoms with E-state index < -0.39 is 0 Å². The number of aliphatic imine (C=N–C) groups is 1. The second-order valence-corrected chi connectivity index (χ2v) is 6.97. The van der Waals surface area contributed by atoms with Crippen LogP contribution in [-0.4, -0.2) is 35.1 Å². The van der Waals surface area contributed by atoms with E-state index in [1.54, 1.807) is 6.07 Å². The maximum Gasteiger partial charge on any atom is 0.198 e. The van der Waals surface area contributed by atoms with Gasteiger partial charge in [0, 0.05) is 13.1 Å². The summed E-state index contributed by atoms with van der Waals surface area (Å²) < 4.78 is 0. The summed E-state index contributed by atoms with van der Waals surface area (Å²) in [5, 5.41) is 13.5. The molecule has 0 amide bonds. The van der Waals surface area contributed by atoms with Crippen molar-refractivity contribution < 1.29 is 5.11 Å². The number of phenols is 1. The molecule has 2 fully saturated rings. The van der Waals surface area contributed by atoms with E-state index in [1.165, 1.54) is 44.9 Å². The maximum atomic E-state index is 10.1. The first-order valence-corrected chi connectivity index (χ1v) is 9.12. The molecule has 4 nitrogen and oxygen atoms in total. The molecule has 1 heterocycles. The summed E-state index contributed by atoms with van der Waals surface area (Å²) in [4.78, 5) is 7.46. The highest BCUT2D eigenvalue weighted by Crippen LogP contribution is 2.28. The van der Waals surface area contributed by atoms with Crippen molar-refractivity contribution in [2.45, 2.75) is 57.9 Å². The van der Waals surface area contributed by atoms with Gasteiger partial charge in [-0.3, -0.25) is 0 Å². The number of likely N-dealkylation sites (tertiary alicyclic amines) is 1. The number of phenolic OH excluding ortho intramolecular Hbond substituents is 1. The first-order valence-electron chi connectivity index (χ1n) is 9.12. The molecule has 0 aromatic heterocycles. The van der Waals surface area contributed by atoms with Gasteiger partial charge >= 0.3 is 0 Å². The smallest absolute Gasteiger partial charge is 0.198 e. The Morgan fingerprint density at radius 3 is 2.57 bits per heavy atom. The number of anilines is 1. The Kier molecular flexibility index (Phi) is 5.42. The Morgan fingerprint density at radius 1 is 1.09 bits per heavy atom. The van der Waals surface area contributed by atoms with Crippen molar-refractivity contribution in [3.8, 4) is 5.75 Å². The fourth-order valence-electron chi connectivity index (χ4n) is 3.64. The lowest BCUT2D eigenvalue weighted by atomic mass is 9.86. The first kappa shape index (κ1) is 16.2. The lowest BCUT2D eigenvalue weighted by molar-refractivity contribution is 0.314. The predicted octanol–water partition coefficient (Wildman–Crippen LogP) is 4.22. The lowest BCUT2D eigenvalue weighted by Gasteiger charge is -2.33. The van der Waals surface area contributed by atoms with Crippen LogP contribution in [0.4, 0.5) is 5.69 Å². The molecule has 0 bridgehead atoms. The van der Waals surface area contributed by atoms with Crippen LogP contribution in [0.3, 0.4) is 0 Å². The van der Waals surface area contributed by atoms with Gasteiger partial charge in [0.25, 0.3) is 0 Å². The quantitative estimate of drug-likeness (QED) is 0.488. The zero-order valence-corrected chi connectivity index (χ0v) is 14.2. The summed E-state index contributed by atoms with van der Waals surface area (Å²) in [6, 6.07) is 7.83. The van der Waals surface area contributed by atoms with E-state index in [2.05, 4.69) is 17.1 Å². The van der Waals surface area contributed by atoms with Gasteiger partial charge < -0.3 is 15.3 Å². The van der Waals surface area contributed by atoms with Crippen LogP contribution in [-0.2, 0) is 0 Å². The van der Waals surface area contributed by atoms with Crippen LogP contribution in [0.25, 0.3) is 0 Å². The number of nitrogens with zero attached hydrogens (tertiary/aromatic N) is 2. The van der Waals surface area contributed by atoms with E-state index in [0.29, 0.717) is 12.0 Å². The molecule has 0 radical (unpaired) electrons. The Hall–Kier alpha value is -1.71. The highest BCUT2D eigenvalue weighted by Gasteiger charge is 2.23. The molecule has 1 aliphatic heterocycles. The highest BCUT2D eigenvalue weighted by molar-refractivity contribution is 5.95. The second-order valence-electron chi connectivity index (χ2n) is 6.97. The molecule has 3 rings (SSSR count). The molecule has 1 saturated heterocycles. The number of hydrogen-bond donors (Lipinski definition) is 2. The number of para-hydroxylation sites is 2. The maximum absolute atomic E-state index is 10.1. The first-order chi connectivity index (χ1) is 11.2. The van der Waals surface area contributed by atoms with E-state index in [0.717, 1.165) is 24.7 Å². The van der Waals surface area contributed by atoms with Gasteiger partial charge in [0.2, 0.25) is 0 Å². The van der Waals surface area contributed by atoms with Crippen LogP contribution in [0, 0.1) is 5.92 Å². The third-order valence-corrected chi connectivity index (χ3v) is 5.16. The molecule has 126 valence electrons. The molecule has 2 N–H and O–H groups in total. The van der Waals surface area contributed by atoms with Crippen molar-refractivity contribution in [2.75, 3.05) is 18.4 Å². The number of piperidine rings is 1. The number of hydrogen-bond acceptors (Lipinski definition) is 2. The summed E-state index contributed by atoms with van der Waals surface area (Å²) in [5.41, 5.74) is 0.750. The number of guanidine groups is 1. The minimum absolute atomic E-state index is 0.286. The molecule has 1 aromatic rings. The van der Waals surface area contributed by atoms with Crippen molar-refractivity contribution in [1.82, 2.24) is 4.90 Å². The lowest BCUT2D eigenvalue weighted by Crippen LogP contribution is -2.41. The minimum atomic E-state index is 0.286. The molecule has 23 heavy (non-hydrogen) atoms. The van der Waals surface area contributed by atoms with Gasteiger partial charge in [-0.25, -0.2) is 4.99 Å². The third kappa shape index (κ3) is 4.18. The number of nitrogens with one attached hydrogen (secondary N) is 1. The minimum Gasteiger partial charge on any atom is -0.506 e. The molecule has 2 aliphatic rings. The molecule has 4 heteroatoms. The van der Waals surface area contributed by atoms with Gasteiger partial charge in [-0.1, -0.05) is 31.9 Å². The van der Waals surface area contributed by atoms with Gasteiger partial charge in [0.05, 0.1) is 11.7 Å². The standard InChI is InChI=1S/C19H29N3O/c1-15-9-3-4-10-16(15)20-19(22-13-7-2-8-14-22)21-17-11-5-6-12-18(17)23/h5-6,11-12,15-16,23H,2-4,7-10,13-14H2,1H3,(H,20,21). The fourth-order valence-corrected chi connectivity index (χ4v) is 3.64. The van der Waals surface area contributed by atoms with Gasteiger partial charge in [-0.2, -0.15) is 0 Å². The summed E-state index contributed by atoms with van der Waals surface area (Å²) in [6.45, 7) is 4.43. The van der Waals surface area contributed by atoms with Gasteiger partial charge in [0.1, 0.15) is 5.75 Å². The Labute approximate surface area is 139 Å². The second kappa shape index (κ2) is 7.71. The summed E-state index contributed by atoms with van der Waals surface area (Å²) in [5.74, 6) is 1.88. The Morgan fingerprint density at radius 2 is 1.83 bits per heavy atom. The predicted molar refractivity (Wildman–Crippen MR) is 96.0 cm³/mol. The molecule has 2 atom stereocenters. The van der Waals surface area contributed by atoms with E-state index in [-0.39, 0.29) is 5.75 Å². The molecule has 1 aromatic carbocycles. The van der Waals surface area contributed by atoms with Crippen molar-refractivity contribution in [1.29, 1.82) is 0 Å². The van der Waals surface area contributed by atoms with Crippen LogP contribution in [0.1, 0.15) is 51.9 Å². The molecule has 0 spiro atoms. The SMILES string of the molecule is CC1CCCCC1N=C(Nc1ccccc1O)N1CCCCC1. The average molecular weight is 315 g/mol. The van der Waals surface area contributed by atoms with Crippen LogP contribution in [0.15, 0.2) is 29.3 Å². The normalized spacial score (nSPS) is 26.1. The molecular formula is C19H29N3O. The monoisotopic (exact) mass is 315 g/mol. The van der Waals surface area contributed by atoms with Crippen LogP contribution >= 0.6 is 0 Å². The summed E-state index contributed by atoms with van der Waals surface area (Å²) in [6.07, 6.45) is 8.82. The van der Waals surface area contributed by atoms with Crippen molar-refractivity contribution in [2.24, 2.45) is 10.9 Å². The highest BCUT2D eigenvalue weighted by atomic mass is 16.3. The zero-order chi connectivity index (χ0) is 16.1. The molecule has 1 aliphatic carbocycles. The van der Waals surface area contributed by atoms with Gasteiger partial charge in [-0.05, 0) is 50.2 Å². The summed E-state index contributed by atoms with van der Waals surface area (Å²) >= 11 is 0. The van der Waals surface area contributed by atoms with Crippen molar-refractivity contribution in [3.63, 3.8) is 0 Å². The topological polar surface area (TPSA) is 47.9 Å². The number of benzene rings is 1. The van der Waals surface area contributed by atoms with E-state index in [9.17, 15) is 5.11 Å². The van der Waals surface area contributed by atoms with Gasteiger partial charge in [0.15, 0.2) is 5.96 Å². The largest absolute Gasteiger partial charge is 0.506 e. The van der Waals surface area contributed by atoms with Crippen molar-refractivity contribution >= 4 is 11.6 Å². The summed E-state index contributed by atoms with van der Waals surface area (Å²) in [7, 11) is 0. The fraction of sp³-hybridized carbons (Fsp3) is 0.632. The van der Waals surface area contributed by atoms with E-state index >= 15 is 0 Å². The zero-order valence-electron chi connectivity index (χ0n) is 14.2. The molecule has 1 saturated carbocycles. The van der Waals surface area contributed by atoms with E-state index in [1.807, 2.05) is 18.2 Å². The van der Waals surface area contributed by atoms with Crippen molar-refractivity contribution in [3.05, 3.63) is 24.3 Å². The Bertz CT molecular complexity index is 537. The van der Waals surface area contributed by atoms with Crippen LogP contribution in [0.5, 0.6) is 5.75 Å². The van der Waals surface area contributed by atoms with E-state index in [4.69, 9.17) is 4.99 Å². The average Bonchev–Trinajstić information content (AvgIpc) is 2.59. The molecule has 2 unspecified atom stereocenters. The molecular weight excluding hydrogens is 286 g/mol. The number of rotatable bonds is 2. The number of aromatic hydroxyl groups is 1. The van der Waals surface area contributed by atoms with Gasteiger partial charge in [-0.15, -0.1) is 0 Å². The Balaban J connectivity index is 1.82. The third-order valence-electron chi connectivity index (χ3n) is 5.16. The van der Waals surface area contributed by atoms with Crippen LogP contribution in [0.2, 0.25) is 0 Å².